The van der Waals surface area contributed by atoms with Gasteiger partial charge in [-0.1, -0.05) is 0 Å². The number of fused-ring (bicyclic) bond motifs is 1. The van der Waals surface area contributed by atoms with Crippen LogP contribution in [0.15, 0.2) is 34.9 Å². The number of furan rings is 1. The topological polar surface area (TPSA) is 84.2 Å². The number of aliphatic hydroxyl groups is 1. The molecule has 0 radical (unpaired) electrons. The Bertz CT molecular complexity index is 729. The number of rotatable bonds is 6. The Labute approximate surface area is 146 Å². The molecule has 1 amide bonds. The number of nitrogens with zero attached hydrogens (tertiary/aromatic N) is 1. The molecule has 7 nitrogen and oxygen atoms in total. The first-order valence-corrected chi connectivity index (χ1v) is 8.05. The fraction of sp³-hybridized carbons (Fsp3) is 0.389. The Morgan fingerprint density at radius 3 is 2.76 bits per heavy atom. The maximum Gasteiger partial charge on any atom is 0.234 e. The molecule has 1 atom stereocenters. The predicted molar refractivity (Wildman–Crippen MR) is 90.3 cm³/mol. The highest BCUT2D eigenvalue weighted by molar-refractivity contribution is 5.78. The fourth-order valence-electron chi connectivity index (χ4n) is 3.12. The van der Waals surface area contributed by atoms with Gasteiger partial charge in [-0.3, -0.25) is 9.69 Å². The van der Waals surface area contributed by atoms with Crippen molar-refractivity contribution in [2.45, 2.75) is 19.2 Å². The number of hydrogen-bond acceptors (Lipinski definition) is 6. The van der Waals surface area contributed by atoms with Gasteiger partial charge in [-0.05, 0) is 24.3 Å². The number of hydrogen-bond donors (Lipinski definition) is 2. The average molecular weight is 346 g/mol. The van der Waals surface area contributed by atoms with E-state index in [-0.39, 0.29) is 12.5 Å². The maximum atomic E-state index is 12.2. The zero-order valence-corrected chi connectivity index (χ0v) is 14.3. The Morgan fingerprint density at radius 2 is 2.08 bits per heavy atom. The SMILES string of the molecule is COc1ccc(OC)c2c1CN(CC(=O)NCc1ccco1)C[C@@H]2O. The summed E-state index contributed by atoms with van der Waals surface area (Å²) in [4.78, 5) is 14.1. The minimum Gasteiger partial charge on any atom is -0.496 e. The fourth-order valence-corrected chi connectivity index (χ4v) is 3.12. The summed E-state index contributed by atoms with van der Waals surface area (Å²) in [5.41, 5.74) is 1.58. The molecule has 1 aliphatic rings. The molecule has 0 saturated heterocycles. The normalized spacial score (nSPS) is 17.0. The van der Waals surface area contributed by atoms with Crippen molar-refractivity contribution >= 4 is 5.91 Å². The van der Waals surface area contributed by atoms with Crippen LogP contribution in [-0.4, -0.2) is 43.2 Å². The van der Waals surface area contributed by atoms with Gasteiger partial charge in [-0.25, -0.2) is 0 Å². The Hall–Kier alpha value is -2.51. The molecule has 2 N–H and O–H groups in total. The van der Waals surface area contributed by atoms with Crippen molar-refractivity contribution in [3.8, 4) is 11.5 Å². The van der Waals surface area contributed by atoms with Gasteiger partial charge < -0.3 is 24.3 Å². The third kappa shape index (κ3) is 3.78. The van der Waals surface area contributed by atoms with Crippen LogP contribution >= 0.6 is 0 Å². The van der Waals surface area contributed by atoms with E-state index in [2.05, 4.69) is 5.32 Å². The molecule has 1 aliphatic heterocycles. The van der Waals surface area contributed by atoms with E-state index in [1.165, 1.54) is 0 Å². The first-order chi connectivity index (χ1) is 12.1. The molecule has 0 spiro atoms. The van der Waals surface area contributed by atoms with E-state index in [4.69, 9.17) is 13.9 Å². The van der Waals surface area contributed by atoms with Crippen LogP contribution in [0.1, 0.15) is 23.0 Å². The van der Waals surface area contributed by atoms with Gasteiger partial charge in [0.25, 0.3) is 0 Å². The number of β-amino-alcohol motifs (C(OH)–C–C–N with tert-alkyl or cyclic N) is 1. The maximum absolute atomic E-state index is 12.2. The second-order valence-electron chi connectivity index (χ2n) is 5.90. The van der Waals surface area contributed by atoms with Crippen LogP contribution in [0.3, 0.4) is 0 Å². The molecular formula is C18H22N2O5. The van der Waals surface area contributed by atoms with Crippen molar-refractivity contribution in [1.29, 1.82) is 0 Å². The number of amides is 1. The molecule has 0 bridgehead atoms. The van der Waals surface area contributed by atoms with Crippen LogP contribution in [0.25, 0.3) is 0 Å². The molecule has 0 fully saturated rings. The van der Waals surface area contributed by atoms with Crippen LogP contribution in [0.5, 0.6) is 11.5 Å². The zero-order chi connectivity index (χ0) is 17.8. The number of aliphatic hydroxyl groups excluding tert-OH is 1. The molecule has 3 rings (SSSR count). The van der Waals surface area contributed by atoms with Crippen molar-refractivity contribution in [2.24, 2.45) is 0 Å². The highest BCUT2D eigenvalue weighted by atomic mass is 16.5. The molecule has 2 heterocycles. The summed E-state index contributed by atoms with van der Waals surface area (Å²) < 4.78 is 16.0. The summed E-state index contributed by atoms with van der Waals surface area (Å²) in [5.74, 6) is 1.87. The molecule has 7 heteroatoms. The van der Waals surface area contributed by atoms with Crippen molar-refractivity contribution in [3.63, 3.8) is 0 Å². The van der Waals surface area contributed by atoms with E-state index in [1.807, 2.05) is 11.0 Å². The van der Waals surface area contributed by atoms with E-state index < -0.39 is 6.10 Å². The first-order valence-electron chi connectivity index (χ1n) is 8.05. The molecule has 1 aromatic carbocycles. The summed E-state index contributed by atoms with van der Waals surface area (Å²) in [6.45, 7) is 1.37. The lowest BCUT2D eigenvalue weighted by Gasteiger charge is -2.33. The number of nitrogens with one attached hydrogen (secondary N) is 1. The standard InChI is InChI=1S/C18H22N2O5/c1-23-15-5-6-16(24-2)18-13(15)9-20(10-14(18)21)11-17(22)19-8-12-4-3-7-25-12/h3-7,14,21H,8-11H2,1-2H3,(H,19,22)/t14-/m0/s1. The summed E-state index contributed by atoms with van der Waals surface area (Å²) >= 11 is 0. The first kappa shape index (κ1) is 17.3. The smallest absolute Gasteiger partial charge is 0.234 e. The van der Waals surface area contributed by atoms with E-state index in [0.29, 0.717) is 36.9 Å². The summed E-state index contributed by atoms with van der Waals surface area (Å²) in [5, 5.41) is 13.3. The van der Waals surface area contributed by atoms with E-state index in [1.54, 1.807) is 38.7 Å². The number of ether oxygens (including phenoxy) is 2. The zero-order valence-electron chi connectivity index (χ0n) is 14.3. The number of benzene rings is 1. The Balaban J connectivity index is 1.69. The second-order valence-corrected chi connectivity index (χ2v) is 5.90. The predicted octanol–water partition coefficient (Wildman–Crippen LogP) is 1.46. The number of methoxy groups -OCH3 is 2. The number of carbonyl (C=O) groups is 1. The minimum absolute atomic E-state index is 0.131. The average Bonchev–Trinajstić information content (AvgIpc) is 3.12. The third-order valence-electron chi connectivity index (χ3n) is 4.27. The van der Waals surface area contributed by atoms with E-state index in [0.717, 1.165) is 11.1 Å². The van der Waals surface area contributed by atoms with Gasteiger partial charge in [0.2, 0.25) is 5.91 Å². The molecule has 0 saturated carbocycles. The largest absolute Gasteiger partial charge is 0.496 e. The molecule has 0 unspecified atom stereocenters. The van der Waals surface area contributed by atoms with Gasteiger partial charge in [0.1, 0.15) is 17.3 Å². The van der Waals surface area contributed by atoms with E-state index in [9.17, 15) is 9.90 Å². The van der Waals surface area contributed by atoms with Gasteiger partial charge in [-0.2, -0.15) is 0 Å². The summed E-state index contributed by atoms with van der Waals surface area (Å²) in [7, 11) is 3.16. The van der Waals surface area contributed by atoms with Crippen LogP contribution in [-0.2, 0) is 17.9 Å². The van der Waals surface area contributed by atoms with E-state index >= 15 is 0 Å². The second kappa shape index (κ2) is 7.58. The minimum atomic E-state index is -0.744. The Kier molecular flexibility index (Phi) is 5.25. The Morgan fingerprint density at radius 1 is 1.32 bits per heavy atom. The monoisotopic (exact) mass is 346 g/mol. The molecule has 0 aliphatic carbocycles. The molecule has 2 aromatic rings. The van der Waals surface area contributed by atoms with Crippen LogP contribution in [0.2, 0.25) is 0 Å². The summed E-state index contributed by atoms with van der Waals surface area (Å²) in [6.07, 6.45) is 0.825. The molecule has 134 valence electrons. The third-order valence-corrected chi connectivity index (χ3v) is 4.27. The van der Waals surface area contributed by atoms with Gasteiger partial charge in [-0.15, -0.1) is 0 Å². The van der Waals surface area contributed by atoms with Gasteiger partial charge in [0.05, 0.1) is 39.7 Å². The quantitative estimate of drug-likeness (QED) is 0.824. The number of carbonyl (C=O) groups excluding carboxylic acids is 1. The van der Waals surface area contributed by atoms with Crippen LogP contribution in [0, 0.1) is 0 Å². The molecular weight excluding hydrogens is 324 g/mol. The lowest BCUT2D eigenvalue weighted by atomic mass is 9.95. The lowest BCUT2D eigenvalue weighted by Crippen LogP contribution is -2.41. The van der Waals surface area contributed by atoms with Crippen molar-refractivity contribution in [2.75, 3.05) is 27.3 Å². The molecule has 25 heavy (non-hydrogen) atoms. The van der Waals surface area contributed by atoms with Crippen molar-refractivity contribution < 1.29 is 23.8 Å². The van der Waals surface area contributed by atoms with Gasteiger partial charge in [0.15, 0.2) is 0 Å². The molecule has 1 aromatic heterocycles. The highest BCUT2D eigenvalue weighted by Gasteiger charge is 2.30. The van der Waals surface area contributed by atoms with Gasteiger partial charge in [0, 0.05) is 24.2 Å². The van der Waals surface area contributed by atoms with Crippen LogP contribution in [0.4, 0.5) is 0 Å². The van der Waals surface area contributed by atoms with Gasteiger partial charge >= 0.3 is 0 Å². The van der Waals surface area contributed by atoms with Crippen molar-refractivity contribution in [3.05, 3.63) is 47.4 Å². The summed E-state index contributed by atoms with van der Waals surface area (Å²) in [6, 6.07) is 7.18. The van der Waals surface area contributed by atoms with Crippen LogP contribution < -0.4 is 14.8 Å². The van der Waals surface area contributed by atoms with Crippen molar-refractivity contribution in [1.82, 2.24) is 10.2 Å². The highest BCUT2D eigenvalue weighted by Crippen LogP contribution is 2.39. The lowest BCUT2D eigenvalue weighted by molar-refractivity contribution is -0.123.